The minimum absolute atomic E-state index is 0.860. The quantitative estimate of drug-likeness (QED) is 0.300. The molecule has 0 aliphatic heterocycles. The number of methoxy groups -OCH3 is 1. The first-order valence-electron chi connectivity index (χ1n) is 9.91. The fourth-order valence-electron chi connectivity index (χ4n) is 3.77. The Morgan fingerprint density at radius 3 is 2.00 bits per heavy atom. The van der Waals surface area contributed by atoms with Crippen molar-refractivity contribution in [1.29, 1.82) is 0 Å². The molecule has 0 spiro atoms. The van der Waals surface area contributed by atoms with Gasteiger partial charge >= 0.3 is 0 Å². The molecule has 146 valence electrons. The number of nitrogens with zero attached hydrogens (tertiary/aromatic N) is 1. The molecule has 5 rings (SSSR count). The third kappa shape index (κ3) is 3.38. The van der Waals surface area contributed by atoms with Crippen molar-refractivity contribution in [3.8, 4) is 22.7 Å². The van der Waals surface area contributed by atoms with Crippen molar-refractivity contribution in [2.75, 3.05) is 7.11 Å². The van der Waals surface area contributed by atoms with Gasteiger partial charge in [-0.15, -0.1) is 0 Å². The largest absolute Gasteiger partial charge is 0.497 e. The van der Waals surface area contributed by atoms with Gasteiger partial charge in [0.1, 0.15) is 5.75 Å². The summed E-state index contributed by atoms with van der Waals surface area (Å²) in [6.07, 6.45) is 0. The molecule has 0 N–H and O–H groups in total. The molecule has 1 heterocycles. The lowest BCUT2D eigenvalue weighted by Gasteiger charge is -2.13. The molecule has 0 bridgehead atoms. The number of hydrogen-bond acceptors (Lipinski definition) is 2. The van der Waals surface area contributed by atoms with Crippen LogP contribution in [0.2, 0.25) is 0 Å². The molecule has 0 radical (unpaired) electrons. The zero-order chi connectivity index (χ0) is 20.3. The topological polar surface area (TPSA) is 14.2 Å². The van der Waals surface area contributed by atoms with Gasteiger partial charge in [-0.05, 0) is 60.2 Å². The lowest BCUT2D eigenvalue weighted by atomic mass is 10.1. The molecule has 0 fully saturated rings. The van der Waals surface area contributed by atoms with Gasteiger partial charge in [-0.1, -0.05) is 66.4 Å². The fourth-order valence-corrected chi connectivity index (χ4v) is 4.89. The van der Waals surface area contributed by atoms with Crippen molar-refractivity contribution in [3.05, 3.63) is 109 Å². The molecule has 0 aliphatic carbocycles. The average Bonchev–Trinajstić information content (AvgIpc) is 3.14. The van der Waals surface area contributed by atoms with Crippen molar-refractivity contribution in [3.63, 3.8) is 0 Å². The molecule has 5 aromatic rings. The molecule has 30 heavy (non-hydrogen) atoms. The van der Waals surface area contributed by atoms with E-state index in [0.717, 1.165) is 17.0 Å². The average molecular weight is 408 g/mol. The van der Waals surface area contributed by atoms with Crippen LogP contribution in [-0.2, 0) is 0 Å². The first kappa shape index (κ1) is 18.6. The Labute approximate surface area is 180 Å². The summed E-state index contributed by atoms with van der Waals surface area (Å²) in [6, 6.07) is 38.1. The van der Waals surface area contributed by atoms with Crippen LogP contribution in [0.15, 0.2) is 119 Å². The third-order valence-corrected chi connectivity index (χ3v) is 6.29. The van der Waals surface area contributed by atoms with Crippen LogP contribution in [0.3, 0.4) is 0 Å². The van der Waals surface area contributed by atoms with Crippen LogP contribution >= 0.6 is 11.8 Å². The van der Waals surface area contributed by atoms with Crippen LogP contribution in [-0.4, -0.2) is 11.7 Å². The van der Waals surface area contributed by atoms with Crippen LogP contribution in [0.5, 0.6) is 5.75 Å². The first-order valence-corrected chi connectivity index (χ1v) is 10.7. The lowest BCUT2D eigenvalue weighted by molar-refractivity contribution is 0.415. The smallest absolute Gasteiger partial charge is 0.118 e. The first-order chi connectivity index (χ1) is 14.8. The molecule has 0 saturated carbocycles. The standard InChI is InChI=1S/C27H21NOS/c1-29-22-18-16-20(17-19-22)26-27(30-23-12-6-3-7-13-23)24-14-8-9-15-25(24)28(26)21-10-4-2-5-11-21/h2-19H,1H3. The molecule has 3 heteroatoms. The van der Waals surface area contributed by atoms with Crippen LogP contribution in [0.1, 0.15) is 0 Å². The van der Waals surface area contributed by atoms with Gasteiger partial charge < -0.3 is 9.30 Å². The maximum Gasteiger partial charge on any atom is 0.118 e. The van der Waals surface area contributed by atoms with Crippen molar-refractivity contribution < 1.29 is 4.74 Å². The van der Waals surface area contributed by atoms with Gasteiger partial charge in [0.25, 0.3) is 0 Å². The molecule has 0 unspecified atom stereocenters. The van der Waals surface area contributed by atoms with Gasteiger partial charge in [-0.2, -0.15) is 0 Å². The van der Waals surface area contributed by atoms with E-state index in [0.29, 0.717) is 0 Å². The maximum atomic E-state index is 5.39. The van der Waals surface area contributed by atoms with Gasteiger partial charge in [0.15, 0.2) is 0 Å². The molecule has 0 aliphatic rings. The molecule has 1 aromatic heterocycles. The number of benzene rings is 4. The van der Waals surface area contributed by atoms with Crippen molar-refractivity contribution >= 4 is 22.7 Å². The predicted molar refractivity (Wildman–Crippen MR) is 126 cm³/mol. The number of aromatic nitrogens is 1. The van der Waals surface area contributed by atoms with E-state index < -0.39 is 0 Å². The van der Waals surface area contributed by atoms with E-state index in [1.165, 1.54) is 26.4 Å². The highest BCUT2D eigenvalue weighted by atomic mass is 32.2. The van der Waals surface area contributed by atoms with Gasteiger partial charge in [0, 0.05) is 20.9 Å². The van der Waals surface area contributed by atoms with Gasteiger partial charge in [-0.25, -0.2) is 0 Å². The summed E-state index contributed by atoms with van der Waals surface area (Å²) in [5.74, 6) is 0.860. The number of rotatable bonds is 5. The zero-order valence-electron chi connectivity index (χ0n) is 16.7. The summed E-state index contributed by atoms with van der Waals surface area (Å²) >= 11 is 1.81. The summed E-state index contributed by atoms with van der Waals surface area (Å²) in [5.41, 5.74) is 4.71. The molecular weight excluding hydrogens is 386 g/mol. The van der Waals surface area contributed by atoms with Crippen molar-refractivity contribution in [2.24, 2.45) is 0 Å². The number of ether oxygens (including phenoxy) is 1. The molecule has 2 nitrogen and oxygen atoms in total. The molecular formula is C27H21NOS. The van der Waals surface area contributed by atoms with Gasteiger partial charge in [0.05, 0.1) is 18.3 Å². The Bertz CT molecular complexity index is 1280. The monoisotopic (exact) mass is 407 g/mol. The van der Waals surface area contributed by atoms with Crippen LogP contribution in [0.4, 0.5) is 0 Å². The zero-order valence-corrected chi connectivity index (χ0v) is 17.5. The van der Waals surface area contributed by atoms with Gasteiger partial charge in [-0.3, -0.25) is 0 Å². The predicted octanol–water partition coefficient (Wildman–Crippen LogP) is 7.46. The van der Waals surface area contributed by atoms with Gasteiger partial charge in [0.2, 0.25) is 0 Å². The SMILES string of the molecule is COc1ccc(-c2c(Sc3ccccc3)c3ccccc3n2-c2ccccc2)cc1. The van der Waals surface area contributed by atoms with E-state index in [1.807, 2.05) is 23.9 Å². The molecule has 0 atom stereocenters. The van der Waals surface area contributed by atoms with Crippen molar-refractivity contribution in [1.82, 2.24) is 4.57 Å². The lowest BCUT2D eigenvalue weighted by Crippen LogP contribution is -1.97. The van der Waals surface area contributed by atoms with E-state index in [1.54, 1.807) is 7.11 Å². The summed E-state index contributed by atoms with van der Waals surface area (Å²) in [7, 11) is 1.70. The second kappa shape index (κ2) is 8.13. The fraction of sp³-hybridized carbons (Fsp3) is 0.0370. The summed E-state index contributed by atoms with van der Waals surface area (Å²) in [4.78, 5) is 2.48. The second-order valence-corrected chi connectivity index (χ2v) is 8.09. The highest BCUT2D eigenvalue weighted by Gasteiger charge is 2.20. The third-order valence-electron chi connectivity index (χ3n) is 5.17. The Morgan fingerprint density at radius 1 is 0.667 bits per heavy atom. The van der Waals surface area contributed by atoms with Crippen LogP contribution in [0.25, 0.3) is 27.8 Å². The highest BCUT2D eigenvalue weighted by Crippen LogP contribution is 2.44. The van der Waals surface area contributed by atoms with E-state index in [4.69, 9.17) is 4.74 Å². The number of fused-ring (bicyclic) bond motifs is 1. The van der Waals surface area contributed by atoms with E-state index in [2.05, 4.69) is 102 Å². The van der Waals surface area contributed by atoms with Crippen LogP contribution < -0.4 is 4.74 Å². The minimum atomic E-state index is 0.860. The van der Waals surface area contributed by atoms with Crippen LogP contribution in [0, 0.1) is 0 Å². The molecule has 0 saturated heterocycles. The van der Waals surface area contributed by atoms with E-state index in [-0.39, 0.29) is 0 Å². The summed E-state index contributed by atoms with van der Waals surface area (Å²) < 4.78 is 7.76. The maximum absolute atomic E-state index is 5.39. The highest BCUT2D eigenvalue weighted by molar-refractivity contribution is 7.99. The van der Waals surface area contributed by atoms with Crippen molar-refractivity contribution in [2.45, 2.75) is 9.79 Å². The van der Waals surface area contributed by atoms with E-state index in [9.17, 15) is 0 Å². The second-order valence-electron chi connectivity index (χ2n) is 7.01. The molecule has 4 aromatic carbocycles. The Balaban J connectivity index is 1.82. The number of para-hydroxylation sites is 2. The van der Waals surface area contributed by atoms with E-state index >= 15 is 0 Å². The summed E-state index contributed by atoms with van der Waals surface area (Å²) in [6.45, 7) is 0. The number of hydrogen-bond donors (Lipinski definition) is 0. The summed E-state index contributed by atoms with van der Waals surface area (Å²) in [5, 5.41) is 1.25. The Hall–Kier alpha value is -3.43. The Morgan fingerprint density at radius 2 is 1.30 bits per heavy atom. The normalized spacial score (nSPS) is 11.0. The Kier molecular flexibility index (Phi) is 5.04. The molecule has 0 amide bonds. The minimum Gasteiger partial charge on any atom is -0.497 e.